The largest absolute Gasteiger partial charge is 0.494 e. The van der Waals surface area contributed by atoms with E-state index in [1.165, 1.54) is 12.1 Å². The Hall–Kier alpha value is -3.56. The van der Waals surface area contributed by atoms with Gasteiger partial charge in [-0.3, -0.25) is 4.79 Å². The number of hydrogen-bond donors (Lipinski definition) is 2. The molecule has 0 atom stereocenters. The van der Waals surface area contributed by atoms with Gasteiger partial charge in [0, 0.05) is 11.1 Å². The van der Waals surface area contributed by atoms with E-state index < -0.39 is 35.3 Å². The number of rotatable bonds is 3. The van der Waals surface area contributed by atoms with Gasteiger partial charge < -0.3 is 10.1 Å². The Morgan fingerprint density at radius 2 is 1.40 bits per heavy atom. The summed E-state index contributed by atoms with van der Waals surface area (Å²) in [6.07, 6.45) is -5.76. The number of aliphatic imine (C=N–C) groups is 1. The van der Waals surface area contributed by atoms with E-state index in [2.05, 4.69) is 9.98 Å². The molecular formula is C20H10F6N2O2. The molecule has 1 aliphatic heterocycles. The molecule has 154 valence electrons. The fourth-order valence-corrected chi connectivity index (χ4v) is 3.19. The molecule has 0 saturated carbocycles. The van der Waals surface area contributed by atoms with Crippen molar-refractivity contribution < 1.29 is 36.2 Å². The molecule has 0 radical (unpaired) electrons. The average molecular weight is 424 g/mol. The molecule has 30 heavy (non-hydrogen) atoms. The fourth-order valence-electron chi connectivity index (χ4n) is 3.19. The van der Waals surface area contributed by atoms with Crippen LogP contribution in [0.5, 0.6) is 5.88 Å². The van der Waals surface area contributed by atoms with Crippen molar-refractivity contribution >= 4 is 11.6 Å². The second-order valence-electron chi connectivity index (χ2n) is 6.52. The standard InChI is InChI=1S/C20H10F6N2O2/c21-12-7-3-10(4-8-12)16-14-13(17(29)28-16)15(27-18(14)30)9-1-5-11(6-2-9)19(22,23)20(24,25)26/h1-8,28-29H. The van der Waals surface area contributed by atoms with E-state index in [-0.39, 0.29) is 28.1 Å². The van der Waals surface area contributed by atoms with Crippen molar-refractivity contribution in [2.24, 2.45) is 4.99 Å². The van der Waals surface area contributed by atoms with E-state index in [1.807, 2.05) is 0 Å². The third-order valence-electron chi connectivity index (χ3n) is 4.65. The third kappa shape index (κ3) is 2.95. The molecule has 2 heterocycles. The number of aromatic nitrogens is 1. The number of fused-ring (bicyclic) bond motifs is 1. The third-order valence-corrected chi connectivity index (χ3v) is 4.65. The van der Waals surface area contributed by atoms with E-state index in [9.17, 15) is 36.2 Å². The first kappa shape index (κ1) is 19.7. The number of carbonyl (C=O) groups excluding carboxylic acids is 1. The summed E-state index contributed by atoms with van der Waals surface area (Å²) < 4.78 is 77.7. The molecule has 0 spiro atoms. The van der Waals surface area contributed by atoms with Crippen LogP contribution in [-0.2, 0) is 5.92 Å². The van der Waals surface area contributed by atoms with Crippen LogP contribution in [-0.4, -0.2) is 27.9 Å². The van der Waals surface area contributed by atoms with Gasteiger partial charge in [-0.25, -0.2) is 9.38 Å². The molecule has 2 N–H and O–H groups in total. The van der Waals surface area contributed by atoms with Crippen LogP contribution in [0.1, 0.15) is 27.0 Å². The van der Waals surface area contributed by atoms with Crippen LogP contribution in [0.2, 0.25) is 0 Å². The minimum absolute atomic E-state index is 0.0150. The second kappa shape index (κ2) is 6.48. The van der Waals surface area contributed by atoms with Crippen molar-refractivity contribution in [2.45, 2.75) is 12.1 Å². The molecule has 0 fully saturated rings. The number of aromatic hydroxyl groups is 1. The Balaban J connectivity index is 1.75. The molecule has 0 saturated heterocycles. The Morgan fingerprint density at radius 1 is 0.833 bits per heavy atom. The molecule has 4 nitrogen and oxygen atoms in total. The van der Waals surface area contributed by atoms with Gasteiger partial charge >= 0.3 is 12.1 Å². The normalized spacial score (nSPS) is 14.1. The lowest BCUT2D eigenvalue weighted by molar-refractivity contribution is -0.289. The summed E-state index contributed by atoms with van der Waals surface area (Å²) >= 11 is 0. The predicted molar refractivity (Wildman–Crippen MR) is 94.2 cm³/mol. The number of nitrogens with one attached hydrogen (secondary N) is 1. The number of amides is 1. The molecule has 10 heteroatoms. The van der Waals surface area contributed by atoms with Crippen LogP contribution in [0, 0.1) is 5.82 Å². The molecule has 3 aromatic rings. The highest BCUT2D eigenvalue weighted by atomic mass is 19.4. The van der Waals surface area contributed by atoms with Crippen molar-refractivity contribution in [3.05, 3.63) is 76.6 Å². The minimum Gasteiger partial charge on any atom is -0.494 e. The van der Waals surface area contributed by atoms with Gasteiger partial charge in [0.25, 0.3) is 5.91 Å². The van der Waals surface area contributed by atoms with E-state index in [0.29, 0.717) is 17.7 Å². The van der Waals surface area contributed by atoms with Gasteiger partial charge in [0.05, 0.1) is 22.5 Å². The molecule has 0 unspecified atom stereocenters. The number of carbonyl (C=O) groups is 1. The Bertz CT molecular complexity index is 1180. The van der Waals surface area contributed by atoms with Gasteiger partial charge in [0.15, 0.2) is 5.88 Å². The summed E-state index contributed by atoms with van der Waals surface area (Å²) in [5, 5.41) is 10.3. The zero-order chi connectivity index (χ0) is 21.8. The highest BCUT2D eigenvalue weighted by Crippen LogP contribution is 2.44. The molecule has 1 amide bonds. The van der Waals surface area contributed by atoms with Crippen LogP contribution in [0.15, 0.2) is 53.5 Å². The van der Waals surface area contributed by atoms with E-state index in [0.717, 1.165) is 24.3 Å². The summed E-state index contributed by atoms with van der Waals surface area (Å²) in [6, 6.07) is 8.14. The highest BCUT2D eigenvalue weighted by Gasteiger charge is 2.58. The van der Waals surface area contributed by atoms with Crippen LogP contribution in [0.4, 0.5) is 26.3 Å². The summed E-state index contributed by atoms with van der Waals surface area (Å²) in [7, 11) is 0. The average Bonchev–Trinajstić information content (AvgIpc) is 3.20. The zero-order valence-electron chi connectivity index (χ0n) is 14.7. The lowest BCUT2D eigenvalue weighted by Gasteiger charge is -2.20. The SMILES string of the molecule is O=C1N=C(c2ccc(C(F)(F)C(F)(F)F)cc2)c2c(O)[nH]c(-c3ccc(F)cc3)c21. The van der Waals surface area contributed by atoms with E-state index in [1.54, 1.807) is 0 Å². The molecule has 4 rings (SSSR count). The van der Waals surface area contributed by atoms with Crippen LogP contribution in [0.3, 0.4) is 0 Å². The summed E-state index contributed by atoms with van der Waals surface area (Å²) in [6.45, 7) is 0. The first-order chi connectivity index (χ1) is 14.0. The lowest BCUT2D eigenvalue weighted by atomic mass is 9.98. The zero-order valence-corrected chi connectivity index (χ0v) is 14.7. The van der Waals surface area contributed by atoms with Crippen molar-refractivity contribution in [1.82, 2.24) is 4.98 Å². The molecular weight excluding hydrogens is 414 g/mol. The van der Waals surface area contributed by atoms with Crippen molar-refractivity contribution in [3.8, 4) is 17.1 Å². The Labute approximate surface area is 164 Å². The number of H-pyrrole nitrogens is 1. The van der Waals surface area contributed by atoms with Gasteiger partial charge in [-0.2, -0.15) is 22.0 Å². The monoisotopic (exact) mass is 424 g/mol. The van der Waals surface area contributed by atoms with E-state index >= 15 is 0 Å². The lowest BCUT2D eigenvalue weighted by Crippen LogP contribution is -2.33. The van der Waals surface area contributed by atoms with Crippen molar-refractivity contribution in [3.63, 3.8) is 0 Å². The topological polar surface area (TPSA) is 65.4 Å². The first-order valence-corrected chi connectivity index (χ1v) is 8.40. The maximum absolute atomic E-state index is 13.5. The molecule has 0 aliphatic carbocycles. The number of halogens is 6. The van der Waals surface area contributed by atoms with Crippen LogP contribution < -0.4 is 0 Å². The molecule has 1 aromatic heterocycles. The summed E-state index contributed by atoms with van der Waals surface area (Å²) in [5.74, 6) is -6.75. The Kier molecular flexibility index (Phi) is 4.26. The number of alkyl halides is 5. The predicted octanol–water partition coefficient (Wildman–Crippen LogP) is 5.17. The second-order valence-corrected chi connectivity index (χ2v) is 6.52. The molecule has 1 aliphatic rings. The molecule has 2 aromatic carbocycles. The van der Waals surface area contributed by atoms with Gasteiger partial charge in [-0.1, -0.05) is 24.3 Å². The number of hydrogen-bond acceptors (Lipinski definition) is 2. The smallest absolute Gasteiger partial charge is 0.458 e. The quantitative estimate of drug-likeness (QED) is 0.570. The fraction of sp³-hybridized carbons (Fsp3) is 0.100. The first-order valence-electron chi connectivity index (χ1n) is 8.40. The van der Waals surface area contributed by atoms with Gasteiger partial charge in [-0.05, 0) is 29.8 Å². The van der Waals surface area contributed by atoms with Crippen LogP contribution in [0.25, 0.3) is 11.3 Å². The highest BCUT2D eigenvalue weighted by molar-refractivity contribution is 6.30. The number of nitrogens with zero attached hydrogens (tertiary/aromatic N) is 1. The van der Waals surface area contributed by atoms with Gasteiger partial charge in [-0.15, -0.1) is 0 Å². The molecule has 0 bridgehead atoms. The maximum Gasteiger partial charge on any atom is 0.458 e. The van der Waals surface area contributed by atoms with Gasteiger partial charge in [0.2, 0.25) is 0 Å². The van der Waals surface area contributed by atoms with Gasteiger partial charge in [0.1, 0.15) is 5.82 Å². The summed E-state index contributed by atoms with van der Waals surface area (Å²) in [4.78, 5) is 18.8. The summed E-state index contributed by atoms with van der Waals surface area (Å²) in [5.41, 5.74) is -0.769. The van der Waals surface area contributed by atoms with Crippen LogP contribution >= 0.6 is 0 Å². The minimum atomic E-state index is -5.76. The number of benzene rings is 2. The maximum atomic E-state index is 13.5. The Morgan fingerprint density at radius 3 is 1.97 bits per heavy atom. The van der Waals surface area contributed by atoms with E-state index in [4.69, 9.17) is 0 Å². The van der Waals surface area contributed by atoms with Crippen molar-refractivity contribution in [1.29, 1.82) is 0 Å². The number of aromatic amines is 1. The van der Waals surface area contributed by atoms with Crippen molar-refractivity contribution in [2.75, 3.05) is 0 Å².